The Morgan fingerprint density at radius 3 is 2.45 bits per heavy atom. The molecular formula is C22H31ClN4O4. The Morgan fingerprint density at radius 1 is 1.13 bits per heavy atom. The van der Waals surface area contributed by atoms with Crippen molar-refractivity contribution < 1.29 is 19.0 Å². The van der Waals surface area contributed by atoms with Gasteiger partial charge in [-0.3, -0.25) is 0 Å². The average Bonchev–Trinajstić information content (AvgIpc) is 2.71. The number of fused-ring (bicyclic) bond motifs is 1. The van der Waals surface area contributed by atoms with E-state index in [0.717, 1.165) is 24.0 Å². The van der Waals surface area contributed by atoms with Gasteiger partial charge >= 0.3 is 6.09 Å². The normalized spacial score (nSPS) is 14.6. The monoisotopic (exact) mass is 450 g/mol. The maximum atomic E-state index is 12.4. The highest BCUT2D eigenvalue weighted by Gasteiger charge is 2.27. The molecule has 0 saturated carbocycles. The standard InChI is InChI=1S/C22H31ClN4O4/c1-6-7-12-30-18-14-16-15(13-17(18)29-5)19(25-20(23)24-16)26-8-10-27(11-9-26)21(28)31-22(2,3)4/h13-14H,6-12H2,1-5H3. The number of rotatable bonds is 6. The zero-order chi connectivity index (χ0) is 22.6. The first-order valence-electron chi connectivity index (χ1n) is 10.6. The van der Waals surface area contributed by atoms with Gasteiger partial charge < -0.3 is 24.0 Å². The molecule has 0 aliphatic carbocycles. The number of aromatic nitrogens is 2. The molecule has 1 aliphatic rings. The van der Waals surface area contributed by atoms with Crippen LogP contribution in [-0.2, 0) is 4.74 Å². The Bertz CT molecular complexity index is 924. The summed E-state index contributed by atoms with van der Waals surface area (Å²) < 4.78 is 16.9. The molecule has 8 nitrogen and oxygen atoms in total. The smallest absolute Gasteiger partial charge is 0.410 e. The maximum absolute atomic E-state index is 12.4. The Labute approximate surface area is 188 Å². The third-order valence-electron chi connectivity index (χ3n) is 4.92. The van der Waals surface area contributed by atoms with Crippen LogP contribution in [0.3, 0.4) is 0 Å². The topological polar surface area (TPSA) is 77.0 Å². The molecule has 1 saturated heterocycles. The van der Waals surface area contributed by atoms with Gasteiger partial charge in [-0.15, -0.1) is 0 Å². The molecule has 0 spiro atoms. The van der Waals surface area contributed by atoms with Gasteiger partial charge in [0.1, 0.15) is 11.4 Å². The maximum Gasteiger partial charge on any atom is 0.410 e. The van der Waals surface area contributed by atoms with Crippen LogP contribution in [0.2, 0.25) is 5.28 Å². The van der Waals surface area contributed by atoms with Crippen LogP contribution in [0.4, 0.5) is 10.6 Å². The number of ether oxygens (including phenoxy) is 3. The van der Waals surface area contributed by atoms with Crippen molar-refractivity contribution in [3.8, 4) is 11.5 Å². The summed E-state index contributed by atoms with van der Waals surface area (Å²) in [7, 11) is 1.61. The number of carbonyl (C=O) groups excluding carboxylic acids is 1. The van der Waals surface area contributed by atoms with Gasteiger partial charge in [0, 0.05) is 37.6 Å². The van der Waals surface area contributed by atoms with Gasteiger partial charge in [-0.25, -0.2) is 9.78 Å². The van der Waals surface area contributed by atoms with Crippen molar-refractivity contribution in [3.63, 3.8) is 0 Å². The van der Waals surface area contributed by atoms with Gasteiger partial charge in [0.25, 0.3) is 0 Å². The number of benzene rings is 1. The fourth-order valence-corrected chi connectivity index (χ4v) is 3.53. The predicted octanol–water partition coefficient (Wildman–Crippen LogP) is 4.53. The number of halogens is 1. The van der Waals surface area contributed by atoms with Crippen LogP contribution in [0.5, 0.6) is 11.5 Å². The van der Waals surface area contributed by atoms with Gasteiger partial charge in [-0.2, -0.15) is 4.98 Å². The van der Waals surface area contributed by atoms with Gasteiger partial charge in [0.05, 0.1) is 19.2 Å². The molecule has 3 rings (SSSR count). The summed E-state index contributed by atoms with van der Waals surface area (Å²) in [6.45, 7) is 10.6. The van der Waals surface area contributed by atoms with E-state index in [1.165, 1.54) is 0 Å². The highest BCUT2D eigenvalue weighted by Crippen LogP contribution is 2.36. The zero-order valence-corrected chi connectivity index (χ0v) is 19.7. The quantitative estimate of drug-likeness (QED) is 0.472. The second-order valence-electron chi connectivity index (χ2n) is 8.49. The molecule has 1 amide bonds. The first-order chi connectivity index (χ1) is 14.7. The number of carbonyl (C=O) groups is 1. The van der Waals surface area contributed by atoms with Crippen molar-refractivity contribution >= 4 is 34.4 Å². The number of piperazine rings is 1. The molecule has 1 aliphatic heterocycles. The van der Waals surface area contributed by atoms with Crippen LogP contribution in [0, 0.1) is 0 Å². The molecule has 1 fully saturated rings. The minimum absolute atomic E-state index is 0.168. The van der Waals surface area contributed by atoms with Crippen LogP contribution in [0.15, 0.2) is 12.1 Å². The molecular weight excluding hydrogens is 420 g/mol. The number of hydrogen-bond acceptors (Lipinski definition) is 7. The van der Waals surface area contributed by atoms with Crippen molar-refractivity contribution in [3.05, 3.63) is 17.4 Å². The molecule has 0 N–H and O–H groups in total. The first kappa shape index (κ1) is 23.2. The summed E-state index contributed by atoms with van der Waals surface area (Å²) in [5.74, 6) is 1.99. The minimum atomic E-state index is -0.516. The molecule has 0 unspecified atom stereocenters. The van der Waals surface area contributed by atoms with Crippen molar-refractivity contribution in [2.75, 3.05) is 44.8 Å². The Kier molecular flexibility index (Phi) is 7.30. The number of methoxy groups -OCH3 is 1. The van der Waals surface area contributed by atoms with Crippen molar-refractivity contribution in [1.82, 2.24) is 14.9 Å². The molecule has 31 heavy (non-hydrogen) atoms. The van der Waals surface area contributed by atoms with E-state index in [-0.39, 0.29) is 11.4 Å². The molecule has 2 heterocycles. The average molecular weight is 451 g/mol. The second kappa shape index (κ2) is 9.77. The molecule has 1 aromatic carbocycles. The lowest BCUT2D eigenvalue weighted by molar-refractivity contribution is 0.0240. The molecule has 0 atom stereocenters. The Morgan fingerprint density at radius 2 is 1.84 bits per heavy atom. The van der Waals surface area contributed by atoms with Crippen molar-refractivity contribution in [1.29, 1.82) is 0 Å². The Hall–Kier alpha value is -2.48. The number of unbranched alkanes of at least 4 members (excludes halogenated alkanes) is 1. The Balaban J connectivity index is 1.83. The summed E-state index contributed by atoms with van der Waals surface area (Å²) in [6.07, 6.45) is 1.70. The van der Waals surface area contributed by atoms with E-state index in [2.05, 4.69) is 21.8 Å². The summed E-state index contributed by atoms with van der Waals surface area (Å²) in [4.78, 5) is 25.1. The van der Waals surface area contributed by atoms with Gasteiger partial charge in [0.15, 0.2) is 11.5 Å². The lowest BCUT2D eigenvalue weighted by Crippen LogP contribution is -2.50. The van der Waals surface area contributed by atoms with E-state index in [4.69, 9.17) is 25.8 Å². The molecule has 9 heteroatoms. The van der Waals surface area contributed by atoms with E-state index in [1.807, 2.05) is 32.9 Å². The summed E-state index contributed by atoms with van der Waals surface area (Å²) >= 11 is 6.24. The van der Waals surface area contributed by atoms with E-state index in [9.17, 15) is 4.79 Å². The van der Waals surface area contributed by atoms with Gasteiger partial charge in [-0.1, -0.05) is 13.3 Å². The third-order valence-corrected chi connectivity index (χ3v) is 5.09. The fraction of sp³-hybridized carbons (Fsp3) is 0.591. The van der Waals surface area contributed by atoms with E-state index in [1.54, 1.807) is 12.0 Å². The number of hydrogen-bond donors (Lipinski definition) is 0. The lowest BCUT2D eigenvalue weighted by atomic mass is 10.2. The van der Waals surface area contributed by atoms with Gasteiger partial charge in [0.2, 0.25) is 5.28 Å². The predicted molar refractivity (Wildman–Crippen MR) is 122 cm³/mol. The van der Waals surface area contributed by atoms with Crippen LogP contribution in [0.1, 0.15) is 40.5 Å². The van der Waals surface area contributed by atoms with E-state index in [0.29, 0.717) is 49.8 Å². The molecule has 1 aromatic heterocycles. The second-order valence-corrected chi connectivity index (χ2v) is 8.83. The van der Waals surface area contributed by atoms with E-state index >= 15 is 0 Å². The number of nitrogens with zero attached hydrogens (tertiary/aromatic N) is 4. The number of anilines is 1. The van der Waals surface area contributed by atoms with Gasteiger partial charge in [-0.05, 0) is 44.9 Å². The highest BCUT2D eigenvalue weighted by molar-refractivity contribution is 6.28. The van der Waals surface area contributed by atoms with Crippen LogP contribution < -0.4 is 14.4 Å². The molecule has 2 aromatic rings. The summed E-state index contributed by atoms with van der Waals surface area (Å²) in [5.41, 5.74) is 0.176. The van der Waals surface area contributed by atoms with Crippen LogP contribution >= 0.6 is 11.6 Å². The highest BCUT2D eigenvalue weighted by atomic mass is 35.5. The van der Waals surface area contributed by atoms with Crippen molar-refractivity contribution in [2.24, 2.45) is 0 Å². The first-order valence-corrected chi connectivity index (χ1v) is 11.0. The van der Waals surface area contributed by atoms with Crippen LogP contribution in [-0.4, -0.2) is 66.5 Å². The fourth-order valence-electron chi connectivity index (χ4n) is 3.36. The largest absolute Gasteiger partial charge is 0.493 e. The summed E-state index contributed by atoms with van der Waals surface area (Å²) in [6, 6.07) is 3.74. The van der Waals surface area contributed by atoms with Crippen molar-refractivity contribution in [2.45, 2.75) is 46.1 Å². The minimum Gasteiger partial charge on any atom is -0.493 e. The number of amides is 1. The summed E-state index contributed by atoms with van der Waals surface area (Å²) in [5, 5.41) is 0.997. The zero-order valence-electron chi connectivity index (χ0n) is 18.9. The SMILES string of the molecule is CCCCOc1cc2nc(Cl)nc(N3CCN(C(=O)OC(C)(C)C)CC3)c2cc1OC. The van der Waals surface area contributed by atoms with Crippen LogP contribution in [0.25, 0.3) is 10.9 Å². The molecule has 170 valence electrons. The van der Waals surface area contributed by atoms with E-state index < -0.39 is 5.60 Å². The molecule has 0 radical (unpaired) electrons. The lowest BCUT2D eigenvalue weighted by Gasteiger charge is -2.36. The third kappa shape index (κ3) is 5.81. The molecule has 0 bridgehead atoms.